The van der Waals surface area contributed by atoms with Gasteiger partial charge in [0.2, 0.25) is 0 Å². The van der Waals surface area contributed by atoms with Gasteiger partial charge in [0.25, 0.3) is 0 Å². The molecule has 2 saturated heterocycles. The van der Waals surface area contributed by atoms with Crippen LogP contribution in [0, 0.1) is 81.8 Å². The molecule has 8 aliphatic carbocycles. The molecular formula is C42H66O6S. The quantitative estimate of drug-likeness (QED) is 0.292. The Labute approximate surface area is 297 Å². The number of hydrogen-bond donors (Lipinski definition) is 0. The van der Waals surface area contributed by atoms with Gasteiger partial charge < -0.3 is 9.47 Å². The third-order valence-corrected chi connectivity index (χ3v) is 20.2. The van der Waals surface area contributed by atoms with Crippen LogP contribution in [-0.4, -0.2) is 45.0 Å². The third-order valence-electron chi connectivity index (χ3n) is 19.2. The van der Waals surface area contributed by atoms with Gasteiger partial charge in [-0.3, -0.25) is 0 Å². The Bertz CT molecular complexity index is 1310. The maximum atomic E-state index is 13.5. The fourth-order valence-corrected chi connectivity index (χ4v) is 18.6. The summed E-state index contributed by atoms with van der Waals surface area (Å²) in [6, 6.07) is 0. The number of fused-ring (bicyclic) bond motifs is 8. The minimum atomic E-state index is -4.00. The second-order valence-corrected chi connectivity index (χ2v) is 21.9. The van der Waals surface area contributed by atoms with E-state index in [1.807, 2.05) is 0 Å². The second kappa shape index (κ2) is 11.4. The van der Waals surface area contributed by atoms with Gasteiger partial charge in [-0.15, -0.1) is 0 Å². The topological polar surface area (TPSA) is 71.1 Å². The van der Waals surface area contributed by atoms with Crippen molar-refractivity contribution < 1.29 is 26.3 Å². The highest BCUT2D eigenvalue weighted by Crippen LogP contribution is 2.72. The molecule has 2 aliphatic heterocycles. The largest absolute Gasteiger partial charge is 0.400 e. The first-order chi connectivity index (χ1) is 23.4. The minimum absolute atomic E-state index is 0.0143. The Morgan fingerprint density at radius 2 is 0.918 bits per heavy atom. The van der Waals surface area contributed by atoms with Crippen molar-refractivity contribution in [2.24, 2.45) is 81.8 Å². The summed E-state index contributed by atoms with van der Waals surface area (Å²) in [5.41, 5.74) is 0.819. The molecule has 10 aliphatic rings. The predicted octanol–water partition coefficient (Wildman–Crippen LogP) is 9.12. The zero-order chi connectivity index (χ0) is 33.6. The highest BCUT2D eigenvalue weighted by Gasteiger charge is 2.69. The lowest BCUT2D eigenvalue weighted by Gasteiger charge is -2.58. The Morgan fingerprint density at radius 1 is 0.490 bits per heavy atom. The van der Waals surface area contributed by atoms with Gasteiger partial charge in [0, 0.05) is 10.8 Å². The Balaban J connectivity index is 0.744. The number of hydrogen-bond acceptors (Lipinski definition) is 6. The average Bonchev–Trinajstić information content (AvgIpc) is 3.78. The fraction of sp³-hybridized carbons (Fsp3) is 1.00. The van der Waals surface area contributed by atoms with Crippen LogP contribution in [0.1, 0.15) is 143 Å². The van der Waals surface area contributed by atoms with E-state index < -0.39 is 10.4 Å². The van der Waals surface area contributed by atoms with E-state index in [1.54, 1.807) is 0 Å². The molecule has 276 valence electrons. The molecule has 10 rings (SSSR count). The van der Waals surface area contributed by atoms with E-state index in [0.29, 0.717) is 22.7 Å². The van der Waals surface area contributed by atoms with Crippen molar-refractivity contribution >= 4 is 10.4 Å². The zero-order valence-corrected chi connectivity index (χ0v) is 31.9. The van der Waals surface area contributed by atoms with E-state index in [4.69, 9.17) is 17.8 Å². The highest BCUT2D eigenvalue weighted by molar-refractivity contribution is 7.81. The van der Waals surface area contributed by atoms with Gasteiger partial charge in [-0.25, -0.2) is 8.37 Å². The van der Waals surface area contributed by atoms with E-state index in [-0.39, 0.29) is 23.4 Å². The molecule has 6 nitrogen and oxygen atoms in total. The average molecular weight is 699 g/mol. The Kier molecular flexibility index (Phi) is 7.76. The maximum Gasteiger partial charge on any atom is 0.400 e. The number of ether oxygens (including phenoxy) is 2. The van der Waals surface area contributed by atoms with Gasteiger partial charge in [0.05, 0.1) is 36.6 Å². The van der Waals surface area contributed by atoms with Crippen molar-refractivity contribution in [2.75, 3.05) is 13.2 Å². The van der Waals surface area contributed by atoms with Crippen molar-refractivity contribution in [2.45, 2.75) is 167 Å². The van der Waals surface area contributed by atoms with Crippen LogP contribution in [0.5, 0.6) is 0 Å². The van der Waals surface area contributed by atoms with Crippen LogP contribution in [0.3, 0.4) is 0 Å². The third kappa shape index (κ3) is 4.71. The summed E-state index contributed by atoms with van der Waals surface area (Å²) in [7, 11) is -4.00. The van der Waals surface area contributed by atoms with Crippen LogP contribution in [0.2, 0.25) is 0 Å². The summed E-state index contributed by atoms with van der Waals surface area (Å²) in [4.78, 5) is 0. The van der Waals surface area contributed by atoms with Crippen LogP contribution in [0.4, 0.5) is 0 Å². The van der Waals surface area contributed by atoms with Gasteiger partial charge in [0.1, 0.15) is 0 Å². The first-order valence-electron chi connectivity index (χ1n) is 21.3. The van der Waals surface area contributed by atoms with E-state index in [0.717, 1.165) is 111 Å². The SMILES string of the molecule is CC1(C)OCC2CCC3C4CCC5CC(OS(=O)(=O)OC6CCC7C(CCC8C7CCC79C(CCC87)COC9(C)C)C6)CCC5C4CCC231. The molecular weight excluding hydrogens is 633 g/mol. The molecule has 0 radical (unpaired) electrons. The summed E-state index contributed by atoms with van der Waals surface area (Å²) in [5.74, 6) is 9.16. The van der Waals surface area contributed by atoms with E-state index >= 15 is 0 Å². The van der Waals surface area contributed by atoms with Crippen molar-refractivity contribution in [3.8, 4) is 0 Å². The van der Waals surface area contributed by atoms with Gasteiger partial charge in [0.15, 0.2) is 0 Å². The van der Waals surface area contributed by atoms with Crippen LogP contribution < -0.4 is 0 Å². The lowest BCUT2D eigenvalue weighted by Crippen LogP contribution is -2.55. The maximum absolute atomic E-state index is 13.5. The molecule has 0 bridgehead atoms. The summed E-state index contributed by atoms with van der Waals surface area (Å²) in [6.45, 7) is 11.5. The summed E-state index contributed by atoms with van der Waals surface area (Å²) in [5, 5.41) is 0. The van der Waals surface area contributed by atoms with Crippen molar-refractivity contribution in [1.29, 1.82) is 0 Å². The Morgan fingerprint density at radius 3 is 1.37 bits per heavy atom. The van der Waals surface area contributed by atoms with E-state index in [1.165, 1.54) is 77.0 Å². The molecule has 0 N–H and O–H groups in total. The molecule has 8 saturated carbocycles. The monoisotopic (exact) mass is 698 g/mol. The van der Waals surface area contributed by atoms with Crippen LogP contribution in [0.15, 0.2) is 0 Å². The van der Waals surface area contributed by atoms with Gasteiger partial charge in [-0.05, 0) is 214 Å². The highest BCUT2D eigenvalue weighted by atomic mass is 32.3. The van der Waals surface area contributed by atoms with Crippen molar-refractivity contribution in [3.05, 3.63) is 0 Å². The summed E-state index contributed by atoms with van der Waals surface area (Å²) in [6.07, 6.45) is 21.3. The molecule has 0 aromatic rings. The molecule has 10 fully saturated rings. The molecule has 0 amide bonds. The van der Waals surface area contributed by atoms with Gasteiger partial charge >= 0.3 is 10.4 Å². The number of rotatable bonds is 4. The second-order valence-electron chi connectivity index (χ2n) is 20.7. The van der Waals surface area contributed by atoms with Crippen LogP contribution in [0.25, 0.3) is 0 Å². The minimum Gasteiger partial charge on any atom is -0.375 e. The molecule has 2 heterocycles. The molecule has 2 spiro atoms. The smallest absolute Gasteiger partial charge is 0.375 e. The summed E-state index contributed by atoms with van der Waals surface area (Å²) < 4.78 is 51.8. The summed E-state index contributed by atoms with van der Waals surface area (Å²) >= 11 is 0. The fourth-order valence-electron chi connectivity index (χ4n) is 17.6. The van der Waals surface area contributed by atoms with Gasteiger partial charge in [-0.1, -0.05) is 0 Å². The molecule has 49 heavy (non-hydrogen) atoms. The molecule has 7 heteroatoms. The van der Waals surface area contributed by atoms with Crippen LogP contribution >= 0.6 is 0 Å². The van der Waals surface area contributed by atoms with E-state index in [2.05, 4.69) is 27.7 Å². The molecule has 16 unspecified atom stereocenters. The molecule has 16 atom stereocenters. The normalized spacial score (nSPS) is 55.2. The molecule has 0 aromatic heterocycles. The molecule has 0 aromatic carbocycles. The van der Waals surface area contributed by atoms with Crippen LogP contribution in [-0.2, 0) is 28.2 Å². The Hall–Kier alpha value is -0.210. The zero-order valence-electron chi connectivity index (χ0n) is 31.1. The lowest BCUT2D eigenvalue weighted by molar-refractivity contribution is -0.133. The van der Waals surface area contributed by atoms with Gasteiger partial charge in [-0.2, -0.15) is 8.42 Å². The van der Waals surface area contributed by atoms with E-state index in [9.17, 15) is 8.42 Å². The standard InChI is InChI=1S/C42H66O6S/c1-39(2)41-19-17-33-31-13-9-29(21-25(31)5-11-35(33)37(41)15-7-27(41)23-45-39)47-49(43,44)48-30-10-14-32-26(22-30)6-12-36-34(32)18-20-42-28(8-16-38(36)42)24-46-40(42,3)4/h25-38H,5-24H2,1-4H3. The predicted molar refractivity (Wildman–Crippen MR) is 189 cm³/mol. The van der Waals surface area contributed by atoms with Crippen molar-refractivity contribution in [1.82, 2.24) is 0 Å². The lowest BCUT2D eigenvalue weighted by atomic mass is 9.47. The first kappa shape index (κ1) is 33.4. The first-order valence-corrected chi connectivity index (χ1v) is 22.7. The van der Waals surface area contributed by atoms with Crippen molar-refractivity contribution in [3.63, 3.8) is 0 Å².